The first kappa shape index (κ1) is 20.5. The number of fused-ring (bicyclic) bond motifs is 3. The summed E-state index contributed by atoms with van der Waals surface area (Å²) in [6.45, 7) is 4.00. The molecule has 0 bridgehead atoms. The van der Waals surface area contributed by atoms with Gasteiger partial charge in [0.2, 0.25) is 0 Å². The fourth-order valence-corrected chi connectivity index (χ4v) is 3.80. The molecule has 1 aliphatic carbocycles. The number of hydrogen-bond acceptors (Lipinski definition) is 3. The zero-order chi connectivity index (χ0) is 17.8. The molecule has 24 heavy (non-hydrogen) atoms. The number of nitrogens with one attached hydrogen (secondary N) is 1. The van der Waals surface area contributed by atoms with Crippen molar-refractivity contribution >= 4 is 18.0 Å². The smallest absolute Gasteiger partial charge is 0.120 e. The molecule has 0 aromatic heterocycles. The minimum absolute atomic E-state index is 0.476. The molecule has 3 rings (SSSR count). The van der Waals surface area contributed by atoms with Crippen molar-refractivity contribution in [2.24, 2.45) is 0 Å². The maximum Gasteiger partial charge on any atom is 0.120 e. The lowest BCUT2D eigenvalue weighted by Gasteiger charge is -2.12. The van der Waals surface area contributed by atoms with E-state index < -0.39 is 0 Å². The standard InChI is InChI=1S/C17H16OS.C2H7N.C2H6/c18-10-5-11-19-12-17-15-8-3-1-6-13(15)14-7-2-4-9-16(14)17;1-3-2;1-2/h1-4,6-10,17H,5,11-12H2;3H,1-2H3;1-2H3. The summed E-state index contributed by atoms with van der Waals surface area (Å²) in [5.74, 6) is 2.45. The summed E-state index contributed by atoms with van der Waals surface area (Å²) in [6.07, 6.45) is 1.66. The van der Waals surface area contributed by atoms with E-state index in [0.29, 0.717) is 12.3 Å². The molecule has 0 saturated heterocycles. The number of carbonyl (C=O) groups is 1. The van der Waals surface area contributed by atoms with E-state index in [-0.39, 0.29) is 0 Å². The predicted octanol–water partition coefficient (Wildman–Crippen LogP) is 4.98. The maximum absolute atomic E-state index is 10.4. The van der Waals surface area contributed by atoms with E-state index in [4.69, 9.17) is 0 Å². The van der Waals surface area contributed by atoms with Crippen LogP contribution in [0.2, 0.25) is 0 Å². The Hall–Kier alpha value is -1.58. The predicted molar refractivity (Wildman–Crippen MR) is 108 cm³/mol. The van der Waals surface area contributed by atoms with Crippen molar-refractivity contribution in [2.45, 2.75) is 26.2 Å². The van der Waals surface area contributed by atoms with Gasteiger partial charge in [0.1, 0.15) is 6.29 Å². The van der Waals surface area contributed by atoms with E-state index in [9.17, 15) is 4.79 Å². The van der Waals surface area contributed by atoms with Crippen LogP contribution in [0.4, 0.5) is 0 Å². The Bertz CT molecular complexity index is 567. The highest BCUT2D eigenvalue weighted by Crippen LogP contribution is 2.45. The van der Waals surface area contributed by atoms with Crippen LogP contribution in [0.3, 0.4) is 0 Å². The van der Waals surface area contributed by atoms with Crippen molar-refractivity contribution in [3.8, 4) is 11.1 Å². The zero-order valence-corrected chi connectivity index (χ0v) is 16.0. The highest BCUT2D eigenvalue weighted by Gasteiger charge is 2.27. The summed E-state index contributed by atoms with van der Waals surface area (Å²) in [7, 11) is 3.75. The van der Waals surface area contributed by atoms with Crippen LogP contribution in [0, 0.1) is 0 Å². The quantitative estimate of drug-likeness (QED) is 0.613. The molecule has 1 aliphatic rings. The third kappa shape index (κ3) is 5.22. The van der Waals surface area contributed by atoms with Crippen LogP contribution in [0.15, 0.2) is 48.5 Å². The Morgan fingerprint density at radius 3 is 1.88 bits per heavy atom. The number of benzene rings is 2. The Labute approximate surface area is 151 Å². The molecule has 2 aromatic rings. The van der Waals surface area contributed by atoms with Gasteiger partial charge in [0.25, 0.3) is 0 Å². The van der Waals surface area contributed by atoms with Crippen molar-refractivity contribution in [3.05, 3.63) is 59.7 Å². The normalized spacial score (nSPS) is 11.3. The van der Waals surface area contributed by atoms with Crippen LogP contribution < -0.4 is 5.32 Å². The molecular weight excluding hydrogens is 314 g/mol. The third-order valence-electron chi connectivity index (χ3n) is 3.63. The van der Waals surface area contributed by atoms with Gasteiger partial charge in [0.15, 0.2) is 0 Å². The summed E-state index contributed by atoms with van der Waals surface area (Å²) in [5.41, 5.74) is 5.61. The molecule has 0 spiro atoms. The van der Waals surface area contributed by atoms with Gasteiger partial charge in [0, 0.05) is 18.1 Å². The van der Waals surface area contributed by atoms with Gasteiger partial charge in [0.05, 0.1) is 0 Å². The average molecular weight is 344 g/mol. The fraction of sp³-hybridized carbons (Fsp3) is 0.381. The summed E-state index contributed by atoms with van der Waals surface area (Å²) < 4.78 is 0. The monoisotopic (exact) mass is 343 g/mol. The Kier molecular flexibility index (Phi) is 10.1. The van der Waals surface area contributed by atoms with Gasteiger partial charge in [-0.05, 0) is 42.1 Å². The lowest BCUT2D eigenvalue weighted by atomic mass is 9.99. The van der Waals surface area contributed by atoms with Gasteiger partial charge in [-0.2, -0.15) is 11.8 Å². The van der Waals surface area contributed by atoms with E-state index in [1.807, 2.05) is 39.7 Å². The molecule has 3 heteroatoms. The molecule has 2 aromatic carbocycles. The van der Waals surface area contributed by atoms with E-state index >= 15 is 0 Å². The highest BCUT2D eigenvalue weighted by molar-refractivity contribution is 7.99. The number of thioether (sulfide) groups is 1. The molecule has 2 nitrogen and oxygen atoms in total. The number of carbonyl (C=O) groups excluding carboxylic acids is 1. The van der Waals surface area contributed by atoms with Crippen molar-refractivity contribution in [1.29, 1.82) is 0 Å². The zero-order valence-electron chi connectivity index (χ0n) is 15.2. The number of aldehydes is 1. The van der Waals surface area contributed by atoms with Gasteiger partial charge in [-0.15, -0.1) is 0 Å². The third-order valence-corrected chi connectivity index (χ3v) is 4.72. The topological polar surface area (TPSA) is 29.1 Å². The lowest BCUT2D eigenvalue weighted by molar-refractivity contribution is -0.107. The van der Waals surface area contributed by atoms with E-state index in [1.54, 1.807) is 0 Å². The van der Waals surface area contributed by atoms with Crippen molar-refractivity contribution in [1.82, 2.24) is 5.32 Å². The van der Waals surface area contributed by atoms with Crippen LogP contribution in [-0.4, -0.2) is 31.9 Å². The van der Waals surface area contributed by atoms with Crippen LogP contribution in [-0.2, 0) is 4.79 Å². The summed E-state index contributed by atoms with van der Waals surface area (Å²) >= 11 is 1.87. The molecule has 0 unspecified atom stereocenters. The molecule has 0 heterocycles. The lowest BCUT2D eigenvalue weighted by Crippen LogP contribution is -2.00. The van der Waals surface area contributed by atoms with E-state index in [1.165, 1.54) is 22.3 Å². The van der Waals surface area contributed by atoms with Gasteiger partial charge >= 0.3 is 0 Å². The van der Waals surface area contributed by atoms with Gasteiger partial charge < -0.3 is 10.1 Å². The van der Waals surface area contributed by atoms with Crippen molar-refractivity contribution in [2.75, 3.05) is 25.6 Å². The molecule has 0 saturated carbocycles. The van der Waals surface area contributed by atoms with Crippen LogP contribution in [0.1, 0.15) is 37.3 Å². The molecule has 1 N–H and O–H groups in total. The molecule has 130 valence electrons. The molecule has 0 atom stereocenters. The second-order valence-corrected chi connectivity index (χ2v) is 6.41. The Balaban J connectivity index is 0.000000521. The molecule has 0 amide bonds. The SMILES string of the molecule is CC.CNC.O=CCCSCC1c2ccccc2-c2ccccc21. The first-order valence-electron chi connectivity index (χ1n) is 8.61. The van der Waals surface area contributed by atoms with E-state index in [0.717, 1.165) is 17.8 Å². The minimum atomic E-state index is 0.476. The van der Waals surface area contributed by atoms with Gasteiger partial charge in [-0.25, -0.2) is 0 Å². The Morgan fingerprint density at radius 2 is 1.42 bits per heavy atom. The Morgan fingerprint density at radius 1 is 0.958 bits per heavy atom. The summed E-state index contributed by atoms with van der Waals surface area (Å²) in [5, 5.41) is 2.75. The van der Waals surface area contributed by atoms with Crippen molar-refractivity contribution < 1.29 is 4.79 Å². The van der Waals surface area contributed by atoms with Crippen LogP contribution in [0.5, 0.6) is 0 Å². The fourth-order valence-electron chi connectivity index (χ4n) is 2.77. The van der Waals surface area contributed by atoms with Crippen molar-refractivity contribution in [3.63, 3.8) is 0 Å². The van der Waals surface area contributed by atoms with Crippen LogP contribution in [0.25, 0.3) is 11.1 Å². The molecule has 0 fully saturated rings. The average Bonchev–Trinajstić information content (AvgIpc) is 2.95. The number of rotatable bonds is 5. The molecule has 0 radical (unpaired) electrons. The largest absolute Gasteiger partial charge is 0.323 e. The minimum Gasteiger partial charge on any atom is -0.323 e. The maximum atomic E-state index is 10.4. The van der Waals surface area contributed by atoms with Crippen LogP contribution >= 0.6 is 11.8 Å². The molecule has 0 aliphatic heterocycles. The van der Waals surface area contributed by atoms with Gasteiger partial charge in [-0.1, -0.05) is 62.4 Å². The van der Waals surface area contributed by atoms with E-state index in [2.05, 4.69) is 53.8 Å². The highest BCUT2D eigenvalue weighted by atomic mass is 32.2. The van der Waals surface area contributed by atoms with Gasteiger partial charge in [-0.3, -0.25) is 0 Å². The summed E-state index contributed by atoms with van der Waals surface area (Å²) in [4.78, 5) is 10.4. The first-order valence-corrected chi connectivity index (χ1v) is 9.77. The first-order chi connectivity index (χ1) is 11.8. The summed E-state index contributed by atoms with van der Waals surface area (Å²) in [6, 6.07) is 17.4. The molecular formula is C21H29NOS. The second-order valence-electron chi connectivity index (χ2n) is 5.26. The number of hydrogen-bond donors (Lipinski definition) is 1. The second kappa shape index (κ2) is 11.9.